The van der Waals surface area contributed by atoms with Crippen molar-refractivity contribution in [3.05, 3.63) is 54.1 Å². The molecule has 1 heterocycles. The summed E-state index contributed by atoms with van der Waals surface area (Å²) in [6, 6.07) is 9.37. The molecule has 0 N–H and O–H groups in total. The first-order chi connectivity index (χ1) is 7.86. The zero-order chi connectivity index (χ0) is 11.0. The first-order valence-electron chi connectivity index (χ1n) is 6.05. The van der Waals surface area contributed by atoms with Gasteiger partial charge >= 0.3 is 0 Å². The van der Waals surface area contributed by atoms with Crippen LogP contribution in [0.3, 0.4) is 0 Å². The summed E-state index contributed by atoms with van der Waals surface area (Å²) in [5.41, 5.74) is 2.94. The minimum Gasteiger partial charge on any atom is -0.364 e. The van der Waals surface area contributed by atoms with E-state index in [1.165, 1.54) is 11.3 Å². The Labute approximate surface area is 97.1 Å². The fraction of sp³-hybridized carbons (Fsp3) is 0.333. The summed E-state index contributed by atoms with van der Waals surface area (Å²) in [4.78, 5) is 2.54. The van der Waals surface area contributed by atoms with E-state index in [0.29, 0.717) is 12.0 Å². The van der Waals surface area contributed by atoms with E-state index in [1.807, 2.05) is 0 Å². The highest BCUT2D eigenvalue weighted by atomic mass is 15.2. The standard InChI is InChI=1S/C15H17N/c1-12-11-16(13-7-3-2-4-8-13)15-10-6-5-9-14(12)15/h2-7,9-10,12-13H,8,11H2,1H3. The third-order valence-corrected chi connectivity index (χ3v) is 3.61. The average Bonchev–Trinajstić information content (AvgIpc) is 2.69. The van der Waals surface area contributed by atoms with Crippen LogP contribution in [0.4, 0.5) is 5.69 Å². The number of hydrogen-bond donors (Lipinski definition) is 0. The van der Waals surface area contributed by atoms with Crippen LogP contribution in [0.15, 0.2) is 48.6 Å². The molecule has 1 aromatic carbocycles. The smallest absolute Gasteiger partial charge is 0.0511 e. The van der Waals surface area contributed by atoms with Gasteiger partial charge < -0.3 is 4.90 Å². The second kappa shape index (κ2) is 3.82. The van der Waals surface area contributed by atoms with Crippen molar-refractivity contribution in [3.63, 3.8) is 0 Å². The minimum absolute atomic E-state index is 0.552. The van der Waals surface area contributed by atoms with Crippen LogP contribution in [-0.4, -0.2) is 12.6 Å². The molecule has 82 valence electrons. The number of rotatable bonds is 1. The number of hydrogen-bond acceptors (Lipinski definition) is 1. The van der Waals surface area contributed by atoms with Crippen molar-refractivity contribution in [3.8, 4) is 0 Å². The third-order valence-electron chi connectivity index (χ3n) is 3.61. The SMILES string of the molecule is CC1CN(C2C=CC=CC2)c2ccccc21. The van der Waals surface area contributed by atoms with E-state index in [0.717, 1.165) is 13.0 Å². The maximum absolute atomic E-state index is 2.54. The maximum atomic E-state index is 2.54. The van der Waals surface area contributed by atoms with Crippen LogP contribution in [0, 0.1) is 0 Å². The van der Waals surface area contributed by atoms with Gasteiger partial charge in [0.25, 0.3) is 0 Å². The highest BCUT2D eigenvalue weighted by Crippen LogP contribution is 2.37. The van der Waals surface area contributed by atoms with E-state index in [-0.39, 0.29) is 0 Å². The zero-order valence-corrected chi connectivity index (χ0v) is 9.63. The Bertz CT molecular complexity index is 445. The largest absolute Gasteiger partial charge is 0.364 e. The van der Waals surface area contributed by atoms with Gasteiger partial charge in [0.05, 0.1) is 6.04 Å². The second-order valence-corrected chi connectivity index (χ2v) is 4.73. The molecule has 16 heavy (non-hydrogen) atoms. The van der Waals surface area contributed by atoms with Gasteiger partial charge in [-0.15, -0.1) is 0 Å². The number of allylic oxidation sites excluding steroid dienone is 2. The lowest BCUT2D eigenvalue weighted by Gasteiger charge is -2.28. The quantitative estimate of drug-likeness (QED) is 0.687. The lowest BCUT2D eigenvalue weighted by Crippen LogP contribution is -2.32. The normalized spacial score (nSPS) is 27.2. The molecule has 0 amide bonds. The van der Waals surface area contributed by atoms with Crippen molar-refractivity contribution in [2.24, 2.45) is 0 Å². The van der Waals surface area contributed by atoms with Gasteiger partial charge in [-0.2, -0.15) is 0 Å². The molecule has 0 saturated heterocycles. The number of nitrogens with zero attached hydrogens (tertiary/aromatic N) is 1. The summed E-state index contributed by atoms with van der Waals surface area (Å²) in [6.07, 6.45) is 10.0. The molecule has 1 aliphatic carbocycles. The van der Waals surface area contributed by atoms with Crippen molar-refractivity contribution in [1.29, 1.82) is 0 Å². The fourth-order valence-corrected chi connectivity index (χ4v) is 2.77. The highest BCUT2D eigenvalue weighted by molar-refractivity contribution is 5.61. The number of anilines is 1. The minimum atomic E-state index is 0.552. The van der Waals surface area contributed by atoms with Gasteiger partial charge in [-0.05, 0) is 18.1 Å². The monoisotopic (exact) mass is 211 g/mol. The highest BCUT2D eigenvalue weighted by Gasteiger charge is 2.28. The lowest BCUT2D eigenvalue weighted by atomic mass is 10.0. The molecule has 0 spiro atoms. The van der Waals surface area contributed by atoms with Crippen LogP contribution >= 0.6 is 0 Å². The molecule has 0 saturated carbocycles. The Hall–Kier alpha value is -1.50. The molecule has 1 aromatic rings. The van der Waals surface area contributed by atoms with Crippen LogP contribution < -0.4 is 4.90 Å². The predicted octanol–water partition coefficient (Wildman–Crippen LogP) is 3.49. The van der Waals surface area contributed by atoms with Crippen molar-refractivity contribution >= 4 is 5.69 Å². The molecule has 0 bridgehead atoms. The Morgan fingerprint density at radius 3 is 2.88 bits per heavy atom. The van der Waals surface area contributed by atoms with Gasteiger partial charge in [0.1, 0.15) is 0 Å². The molecule has 2 atom stereocenters. The molecule has 1 aliphatic heterocycles. The van der Waals surface area contributed by atoms with Crippen LogP contribution in [0.5, 0.6) is 0 Å². The molecule has 0 fully saturated rings. The van der Waals surface area contributed by atoms with Crippen LogP contribution in [0.2, 0.25) is 0 Å². The first kappa shape index (κ1) is 9.71. The molecule has 1 nitrogen and oxygen atoms in total. The molecule has 2 aliphatic rings. The van der Waals surface area contributed by atoms with Crippen molar-refractivity contribution in [2.75, 3.05) is 11.4 Å². The zero-order valence-electron chi connectivity index (χ0n) is 9.63. The van der Waals surface area contributed by atoms with Crippen LogP contribution in [0.25, 0.3) is 0 Å². The molecular formula is C15H17N. The Morgan fingerprint density at radius 2 is 2.06 bits per heavy atom. The van der Waals surface area contributed by atoms with Crippen LogP contribution in [-0.2, 0) is 0 Å². The topological polar surface area (TPSA) is 3.24 Å². The van der Waals surface area contributed by atoms with E-state index in [1.54, 1.807) is 0 Å². The summed E-state index contributed by atoms with van der Waals surface area (Å²) >= 11 is 0. The molecule has 0 aromatic heterocycles. The maximum Gasteiger partial charge on any atom is 0.0511 e. The van der Waals surface area contributed by atoms with E-state index >= 15 is 0 Å². The molecule has 2 unspecified atom stereocenters. The Kier molecular flexibility index (Phi) is 2.32. The molecule has 1 heteroatoms. The molecule has 3 rings (SSSR count). The summed E-state index contributed by atoms with van der Waals surface area (Å²) < 4.78 is 0. The lowest BCUT2D eigenvalue weighted by molar-refractivity contribution is 0.672. The van der Waals surface area contributed by atoms with Gasteiger partial charge in [-0.25, -0.2) is 0 Å². The van der Waals surface area contributed by atoms with Crippen molar-refractivity contribution in [1.82, 2.24) is 0 Å². The summed E-state index contributed by atoms with van der Waals surface area (Å²) in [5, 5.41) is 0. The van der Waals surface area contributed by atoms with E-state index in [4.69, 9.17) is 0 Å². The van der Waals surface area contributed by atoms with Crippen molar-refractivity contribution in [2.45, 2.75) is 25.3 Å². The fourth-order valence-electron chi connectivity index (χ4n) is 2.77. The number of para-hydroxylation sites is 1. The Morgan fingerprint density at radius 1 is 1.19 bits per heavy atom. The predicted molar refractivity (Wildman–Crippen MR) is 68.9 cm³/mol. The van der Waals surface area contributed by atoms with E-state index in [2.05, 4.69) is 60.4 Å². The molecular weight excluding hydrogens is 194 g/mol. The third kappa shape index (κ3) is 1.47. The summed E-state index contributed by atoms with van der Waals surface area (Å²) in [5.74, 6) is 0.663. The number of benzene rings is 1. The van der Waals surface area contributed by atoms with Gasteiger partial charge in [0.15, 0.2) is 0 Å². The van der Waals surface area contributed by atoms with Gasteiger partial charge in [-0.3, -0.25) is 0 Å². The average molecular weight is 211 g/mol. The summed E-state index contributed by atoms with van der Waals surface area (Å²) in [7, 11) is 0. The Balaban J connectivity index is 1.94. The first-order valence-corrected chi connectivity index (χ1v) is 6.05. The van der Waals surface area contributed by atoms with E-state index in [9.17, 15) is 0 Å². The van der Waals surface area contributed by atoms with Gasteiger partial charge in [-0.1, -0.05) is 49.4 Å². The summed E-state index contributed by atoms with van der Waals surface area (Å²) in [6.45, 7) is 3.48. The van der Waals surface area contributed by atoms with Crippen molar-refractivity contribution < 1.29 is 0 Å². The van der Waals surface area contributed by atoms with Gasteiger partial charge in [0.2, 0.25) is 0 Å². The second-order valence-electron chi connectivity index (χ2n) is 4.73. The van der Waals surface area contributed by atoms with Gasteiger partial charge in [0, 0.05) is 18.2 Å². The van der Waals surface area contributed by atoms with E-state index < -0.39 is 0 Å². The van der Waals surface area contributed by atoms with Crippen LogP contribution in [0.1, 0.15) is 24.8 Å². The number of fused-ring (bicyclic) bond motifs is 1. The molecule has 0 radical (unpaired) electrons.